The lowest BCUT2D eigenvalue weighted by Crippen LogP contribution is -2.49. The molecule has 2 saturated carbocycles. The predicted octanol–water partition coefficient (Wildman–Crippen LogP) is 12.4. The van der Waals surface area contributed by atoms with Gasteiger partial charge in [-0.3, -0.25) is 0 Å². The van der Waals surface area contributed by atoms with Crippen molar-refractivity contribution < 1.29 is 18.4 Å². The van der Waals surface area contributed by atoms with E-state index in [2.05, 4.69) is 106 Å². The van der Waals surface area contributed by atoms with Crippen LogP contribution in [0, 0.1) is 11.3 Å². The van der Waals surface area contributed by atoms with E-state index in [0.29, 0.717) is 11.7 Å². The van der Waals surface area contributed by atoms with Gasteiger partial charge in [-0.15, -0.1) is 0 Å². The van der Waals surface area contributed by atoms with Crippen molar-refractivity contribution in [2.45, 2.75) is 148 Å². The summed E-state index contributed by atoms with van der Waals surface area (Å²) in [5.74, 6) is 1.04. The SMILES string of the molecule is C=C1/C(=C\C=C2/CCC[C@]3(C)C(C(C)SC(=O)Oc4ccccc4)=CC[C@@H]23)C[C@@H](O[Si](C)(C)C(C)(C)C)C[C@@H]1O[Si](C)(C)C(C)(C)C. The third-order valence-corrected chi connectivity index (χ3v) is 21.9. The van der Waals surface area contributed by atoms with Crippen molar-refractivity contribution in [3.63, 3.8) is 0 Å². The number of para-hydroxylation sites is 1. The summed E-state index contributed by atoms with van der Waals surface area (Å²) in [7, 11) is -3.98. The largest absolute Gasteiger partial charge is 0.418 e. The van der Waals surface area contributed by atoms with Crippen molar-refractivity contribution in [2.24, 2.45) is 11.3 Å². The maximum Gasteiger partial charge on any atom is 0.373 e. The predicted molar refractivity (Wildman–Crippen MR) is 206 cm³/mol. The third-order valence-electron chi connectivity index (χ3n) is 12.0. The molecule has 4 rings (SSSR count). The Hall–Kier alpha value is -1.65. The van der Waals surface area contributed by atoms with Crippen LogP contribution in [0.1, 0.15) is 93.9 Å². The molecule has 0 spiro atoms. The molecular formula is C40H62O4SSi2. The Morgan fingerprint density at radius 1 is 1.00 bits per heavy atom. The van der Waals surface area contributed by atoms with Crippen molar-refractivity contribution in [1.29, 1.82) is 0 Å². The van der Waals surface area contributed by atoms with Crippen LogP contribution in [0.4, 0.5) is 4.79 Å². The Morgan fingerprint density at radius 3 is 2.23 bits per heavy atom. The van der Waals surface area contributed by atoms with Crippen LogP contribution < -0.4 is 4.74 Å². The second-order valence-electron chi connectivity index (χ2n) is 17.4. The number of allylic oxidation sites excluding steroid dienone is 4. The van der Waals surface area contributed by atoms with Crippen molar-refractivity contribution in [1.82, 2.24) is 0 Å². The number of hydrogen-bond donors (Lipinski definition) is 0. The highest BCUT2D eigenvalue weighted by molar-refractivity contribution is 8.14. The van der Waals surface area contributed by atoms with E-state index in [4.69, 9.17) is 13.6 Å². The van der Waals surface area contributed by atoms with Gasteiger partial charge in [-0.25, -0.2) is 4.79 Å². The van der Waals surface area contributed by atoms with E-state index in [1.165, 1.54) is 28.5 Å². The van der Waals surface area contributed by atoms with Crippen LogP contribution in [0.3, 0.4) is 0 Å². The average molecular weight is 695 g/mol. The number of thioether (sulfide) groups is 1. The Morgan fingerprint density at radius 2 is 1.62 bits per heavy atom. The summed E-state index contributed by atoms with van der Waals surface area (Å²) in [4.78, 5) is 12.8. The summed E-state index contributed by atoms with van der Waals surface area (Å²) in [6.45, 7) is 32.5. The van der Waals surface area contributed by atoms with Crippen LogP contribution in [-0.2, 0) is 8.85 Å². The lowest BCUT2D eigenvalue weighted by molar-refractivity contribution is 0.0969. The molecule has 260 valence electrons. The maximum atomic E-state index is 12.8. The number of rotatable bonds is 8. The molecule has 3 aliphatic rings. The molecule has 1 aromatic carbocycles. The Kier molecular flexibility index (Phi) is 11.6. The zero-order valence-corrected chi connectivity index (χ0v) is 34.2. The van der Waals surface area contributed by atoms with Gasteiger partial charge in [0.1, 0.15) is 5.75 Å². The highest BCUT2D eigenvalue weighted by Gasteiger charge is 2.47. The molecular weight excluding hydrogens is 633 g/mol. The van der Waals surface area contributed by atoms with Gasteiger partial charge in [0, 0.05) is 11.7 Å². The van der Waals surface area contributed by atoms with Crippen LogP contribution in [0.25, 0.3) is 0 Å². The molecule has 0 radical (unpaired) electrons. The number of hydrogen-bond acceptors (Lipinski definition) is 5. The molecule has 1 unspecified atom stereocenters. The minimum atomic E-state index is -2.01. The smallest absolute Gasteiger partial charge is 0.373 e. The normalized spacial score (nSPS) is 28.3. The van der Waals surface area contributed by atoms with Crippen molar-refractivity contribution in [2.75, 3.05) is 0 Å². The summed E-state index contributed by atoms with van der Waals surface area (Å²) < 4.78 is 19.7. The third kappa shape index (κ3) is 8.75. The van der Waals surface area contributed by atoms with Crippen LogP contribution in [0.5, 0.6) is 5.75 Å². The first-order chi connectivity index (χ1) is 21.6. The van der Waals surface area contributed by atoms with E-state index in [9.17, 15) is 4.79 Å². The molecule has 7 heteroatoms. The van der Waals surface area contributed by atoms with E-state index in [0.717, 1.165) is 44.1 Å². The van der Waals surface area contributed by atoms with Crippen molar-refractivity contribution >= 4 is 33.7 Å². The molecule has 3 aliphatic carbocycles. The summed E-state index contributed by atoms with van der Waals surface area (Å²) in [6, 6.07) is 9.35. The first kappa shape index (κ1) is 38.2. The topological polar surface area (TPSA) is 44.8 Å². The summed E-state index contributed by atoms with van der Waals surface area (Å²) in [6.07, 6.45) is 13.5. The second-order valence-corrected chi connectivity index (χ2v) is 28.2. The number of fused-ring (bicyclic) bond motifs is 1. The van der Waals surface area contributed by atoms with Gasteiger partial charge in [0.15, 0.2) is 16.6 Å². The quantitative estimate of drug-likeness (QED) is 0.154. The van der Waals surface area contributed by atoms with Gasteiger partial charge >= 0.3 is 5.30 Å². The van der Waals surface area contributed by atoms with Gasteiger partial charge in [-0.1, -0.05) is 103 Å². The van der Waals surface area contributed by atoms with Gasteiger partial charge in [0.2, 0.25) is 0 Å². The molecule has 1 aromatic rings. The molecule has 0 bridgehead atoms. The highest BCUT2D eigenvalue weighted by atomic mass is 32.2. The molecule has 5 atom stereocenters. The first-order valence-corrected chi connectivity index (χ1v) is 24.4. The molecule has 0 heterocycles. The molecule has 47 heavy (non-hydrogen) atoms. The number of carbonyl (C=O) groups excluding carboxylic acids is 1. The average Bonchev–Trinajstić information content (AvgIpc) is 3.30. The maximum absolute atomic E-state index is 12.8. The molecule has 0 amide bonds. The van der Waals surface area contributed by atoms with E-state index in [1.54, 1.807) is 0 Å². The van der Waals surface area contributed by atoms with Crippen LogP contribution >= 0.6 is 11.8 Å². The Labute approximate surface area is 293 Å². The molecule has 0 aliphatic heterocycles. The lowest BCUT2D eigenvalue weighted by atomic mass is 9.64. The van der Waals surface area contributed by atoms with Crippen molar-refractivity contribution in [3.8, 4) is 5.75 Å². The van der Waals surface area contributed by atoms with Gasteiger partial charge in [-0.2, -0.15) is 0 Å². The Balaban J connectivity index is 1.55. The first-order valence-electron chi connectivity index (χ1n) is 17.7. The molecule has 0 N–H and O–H groups in total. The number of benzene rings is 1. The summed E-state index contributed by atoms with van der Waals surface area (Å²) in [5, 5.41) is 0.0994. The minimum Gasteiger partial charge on any atom is -0.418 e. The molecule has 0 aromatic heterocycles. The van der Waals surface area contributed by atoms with E-state index >= 15 is 0 Å². The molecule has 0 saturated heterocycles. The minimum absolute atomic E-state index is 0.0195. The fourth-order valence-electron chi connectivity index (χ4n) is 7.06. The van der Waals surface area contributed by atoms with Gasteiger partial charge in [0.05, 0.1) is 12.2 Å². The van der Waals surface area contributed by atoms with Gasteiger partial charge in [-0.05, 0) is 122 Å². The van der Waals surface area contributed by atoms with Crippen LogP contribution in [0.15, 0.2) is 77.4 Å². The van der Waals surface area contributed by atoms with E-state index in [1.807, 2.05) is 30.3 Å². The highest BCUT2D eigenvalue weighted by Crippen LogP contribution is 2.57. The Bertz CT molecular complexity index is 1400. The second kappa shape index (κ2) is 14.3. The molecule has 2 fully saturated rings. The summed E-state index contributed by atoms with van der Waals surface area (Å²) in [5.41, 5.74) is 5.37. The number of ether oxygens (including phenoxy) is 1. The lowest BCUT2D eigenvalue weighted by Gasteiger charge is -2.45. The summed E-state index contributed by atoms with van der Waals surface area (Å²) >= 11 is 1.30. The standard InChI is InChI=1S/C40H62O4SSi2/c1-28-31(26-33(43-46(10,11)38(3,4)5)27-36(28)44-47(12,13)39(6,7)8)22-21-30-18-17-25-40(9)34(23-24-35(30)40)29(2)45-37(41)42-32-19-15-14-16-20-32/h14-16,19-23,29,33,35-36H,1,17-18,24-27H2,2-13H3/b30-21+,31-22-/t29?,33-,35+,36+,40-/m1/s1. The fraction of sp³-hybridized carbons (Fsp3) is 0.625. The zero-order chi connectivity index (χ0) is 35.0. The van der Waals surface area contributed by atoms with Gasteiger partial charge < -0.3 is 13.6 Å². The van der Waals surface area contributed by atoms with Crippen molar-refractivity contribution in [3.05, 3.63) is 77.4 Å². The fourth-order valence-corrected chi connectivity index (χ4v) is 10.7. The molecule has 4 nitrogen and oxygen atoms in total. The zero-order valence-electron chi connectivity index (χ0n) is 31.4. The van der Waals surface area contributed by atoms with Crippen LogP contribution in [0.2, 0.25) is 36.3 Å². The van der Waals surface area contributed by atoms with E-state index < -0.39 is 16.6 Å². The van der Waals surface area contributed by atoms with Crippen LogP contribution in [-0.4, -0.2) is 39.4 Å². The van der Waals surface area contributed by atoms with Gasteiger partial charge in [0.25, 0.3) is 0 Å². The van der Waals surface area contributed by atoms with E-state index in [-0.39, 0.29) is 38.3 Å². The monoisotopic (exact) mass is 694 g/mol. The number of carbonyl (C=O) groups is 1.